The predicted molar refractivity (Wildman–Crippen MR) is 57.8 cm³/mol. The highest BCUT2D eigenvalue weighted by Crippen LogP contribution is 2.23. The number of rotatable bonds is 3. The first-order valence-electron chi connectivity index (χ1n) is 5.85. The van der Waals surface area contributed by atoms with E-state index in [2.05, 4.69) is 29.3 Å². The van der Waals surface area contributed by atoms with Crippen LogP contribution in [0, 0.1) is 0 Å². The Hall–Kier alpha value is -0.900. The lowest BCUT2D eigenvalue weighted by Gasteiger charge is -2.18. The third-order valence-electron chi connectivity index (χ3n) is 3.16. The topological polar surface area (TPSA) is 51.0 Å². The third kappa shape index (κ3) is 2.37. The van der Waals surface area contributed by atoms with Gasteiger partial charge in [0.1, 0.15) is 0 Å². The summed E-state index contributed by atoms with van der Waals surface area (Å²) in [6, 6.07) is 0. The van der Waals surface area contributed by atoms with Gasteiger partial charge in [-0.05, 0) is 25.8 Å². The van der Waals surface area contributed by atoms with Crippen molar-refractivity contribution in [2.75, 3.05) is 13.1 Å². The molecule has 0 aromatic carbocycles. The normalized spacial score (nSPS) is 24.0. The van der Waals surface area contributed by atoms with Gasteiger partial charge in [0.15, 0.2) is 5.82 Å². The van der Waals surface area contributed by atoms with Gasteiger partial charge in [-0.1, -0.05) is 19.0 Å². The predicted octanol–water partition coefficient (Wildman–Crippen LogP) is 2.05. The minimum absolute atomic E-state index is 0.402. The van der Waals surface area contributed by atoms with Crippen molar-refractivity contribution in [1.82, 2.24) is 15.5 Å². The Bertz CT molecular complexity index is 305. The number of nitrogens with one attached hydrogen (secondary N) is 1. The summed E-state index contributed by atoms with van der Waals surface area (Å²) >= 11 is 0. The fraction of sp³-hybridized carbons (Fsp3) is 0.818. The smallest absolute Gasteiger partial charge is 0.231 e. The molecular formula is C11H19N3O. The molecule has 0 spiro atoms. The third-order valence-corrected chi connectivity index (χ3v) is 3.16. The lowest BCUT2D eigenvalue weighted by molar-refractivity contribution is 0.319. The van der Waals surface area contributed by atoms with Crippen molar-refractivity contribution in [1.29, 1.82) is 0 Å². The van der Waals surface area contributed by atoms with Crippen molar-refractivity contribution >= 4 is 0 Å². The molecular weight excluding hydrogens is 190 g/mol. The van der Waals surface area contributed by atoms with E-state index in [0.717, 1.165) is 37.6 Å². The maximum Gasteiger partial charge on any atom is 0.231 e. The average Bonchev–Trinajstić information content (AvgIpc) is 2.78. The van der Waals surface area contributed by atoms with Gasteiger partial charge in [0.25, 0.3) is 0 Å². The lowest BCUT2D eigenvalue weighted by atomic mass is 10.00. The Morgan fingerprint density at radius 2 is 2.47 bits per heavy atom. The van der Waals surface area contributed by atoms with Gasteiger partial charge < -0.3 is 9.84 Å². The van der Waals surface area contributed by atoms with Gasteiger partial charge in [0, 0.05) is 12.5 Å². The number of piperidine rings is 1. The van der Waals surface area contributed by atoms with Crippen molar-refractivity contribution in [3.8, 4) is 0 Å². The SMILES string of the molecule is CCC(C)c1noc([C@H]2CCCNC2)n1. The minimum Gasteiger partial charge on any atom is -0.339 e. The molecule has 2 rings (SSSR count). The molecule has 84 valence electrons. The number of hydrogen-bond acceptors (Lipinski definition) is 4. The van der Waals surface area contributed by atoms with Crippen LogP contribution in [-0.4, -0.2) is 23.2 Å². The Morgan fingerprint density at radius 3 is 3.13 bits per heavy atom. The minimum atomic E-state index is 0.402. The molecule has 1 aliphatic rings. The highest BCUT2D eigenvalue weighted by Gasteiger charge is 2.22. The fourth-order valence-electron chi connectivity index (χ4n) is 1.86. The van der Waals surface area contributed by atoms with Crippen LogP contribution in [0.2, 0.25) is 0 Å². The van der Waals surface area contributed by atoms with E-state index in [1.165, 1.54) is 6.42 Å². The quantitative estimate of drug-likeness (QED) is 0.827. The van der Waals surface area contributed by atoms with Crippen LogP contribution >= 0.6 is 0 Å². The van der Waals surface area contributed by atoms with E-state index in [1.807, 2.05) is 0 Å². The fourth-order valence-corrected chi connectivity index (χ4v) is 1.86. The van der Waals surface area contributed by atoms with E-state index in [1.54, 1.807) is 0 Å². The first-order chi connectivity index (χ1) is 7.31. The van der Waals surface area contributed by atoms with Crippen LogP contribution in [0.1, 0.15) is 56.7 Å². The van der Waals surface area contributed by atoms with Crippen molar-refractivity contribution in [3.05, 3.63) is 11.7 Å². The second-order valence-corrected chi connectivity index (χ2v) is 4.34. The molecule has 0 saturated carbocycles. The number of aromatic nitrogens is 2. The maximum atomic E-state index is 5.33. The Kier molecular flexibility index (Phi) is 3.36. The summed E-state index contributed by atoms with van der Waals surface area (Å²) in [5, 5.41) is 7.41. The van der Waals surface area contributed by atoms with E-state index in [4.69, 9.17) is 4.52 Å². The van der Waals surface area contributed by atoms with Gasteiger partial charge in [-0.15, -0.1) is 0 Å². The Labute approximate surface area is 90.4 Å². The summed E-state index contributed by atoms with van der Waals surface area (Å²) in [5.74, 6) is 2.50. The highest BCUT2D eigenvalue weighted by atomic mass is 16.5. The van der Waals surface area contributed by atoms with Crippen LogP contribution in [0.3, 0.4) is 0 Å². The van der Waals surface area contributed by atoms with Crippen molar-refractivity contribution in [2.45, 2.75) is 44.9 Å². The summed E-state index contributed by atoms with van der Waals surface area (Å²) in [4.78, 5) is 4.49. The van der Waals surface area contributed by atoms with Crippen LogP contribution in [0.25, 0.3) is 0 Å². The summed E-state index contributed by atoms with van der Waals surface area (Å²) in [5.41, 5.74) is 0. The molecule has 2 atom stereocenters. The lowest BCUT2D eigenvalue weighted by Crippen LogP contribution is -2.28. The van der Waals surface area contributed by atoms with E-state index >= 15 is 0 Å². The first kappa shape index (κ1) is 10.6. The second kappa shape index (κ2) is 4.75. The average molecular weight is 209 g/mol. The van der Waals surface area contributed by atoms with Gasteiger partial charge in [0.2, 0.25) is 5.89 Å². The van der Waals surface area contributed by atoms with Crippen LogP contribution in [-0.2, 0) is 0 Å². The van der Waals surface area contributed by atoms with Crippen LogP contribution in [0.15, 0.2) is 4.52 Å². The molecule has 0 aliphatic carbocycles. The molecule has 4 heteroatoms. The van der Waals surface area contributed by atoms with Crippen LogP contribution in [0.4, 0.5) is 0 Å². The van der Waals surface area contributed by atoms with E-state index in [-0.39, 0.29) is 0 Å². The second-order valence-electron chi connectivity index (χ2n) is 4.34. The van der Waals surface area contributed by atoms with E-state index in [9.17, 15) is 0 Å². The monoisotopic (exact) mass is 209 g/mol. The molecule has 1 saturated heterocycles. The van der Waals surface area contributed by atoms with Gasteiger partial charge >= 0.3 is 0 Å². The van der Waals surface area contributed by atoms with Crippen molar-refractivity contribution in [3.63, 3.8) is 0 Å². The zero-order valence-electron chi connectivity index (χ0n) is 9.49. The summed E-state index contributed by atoms with van der Waals surface area (Å²) < 4.78 is 5.33. The molecule has 1 N–H and O–H groups in total. The molecule has 0 radical (unpaired) electrons. The first-order valence-corrected chi connectivity index (χ1v) is 5.85. The molecule has 1 aromatic heterocycles. The molecule has 1 unspecified atom stereocenters. The highest BCUT2D eigenvalue weighted by molar-refractivity contribution is 4.99. The Morgan fingerprint density at radius 1 is 1.60 bits per heavy atom. The van der Waals surface area contributed by atoms with Gasteiger partial charge in [-0.2, -0.15) is 4.98 Å². The largest absolute Gasteiger partial charge is 0.339 e. The number of nitrogens with zero attached hydrogens (tertiary/aromatic N) is 2. The molecule has 15 heavy (non-hydrogen) atoms. The summed E-state index contributed by atoms with van der Waals surface area (Å²) in [6.07, 6.45) is 3.42. The zero-order chi connectivity index (χ0) is 10.7. The molecule has 4 nitrogen and oxygen atoms in total. The van der Waals surface area contributed by atoms with Crippen molar-refractivity contribution in [2.24, 2.45) is 0 Å². The molecule has 0 bridgehead atoms. The summed E-state index contributed by atoms with van der Waals surface area (Å²) in [6.45, 7) is 6.36. The molecule has 1 aliphatic heterocycles. The van der Waals surface area contributed by atoms with Gasteiger partial charge in [-0.25, -0.2) is 0 Å². The molecule has 1 fully saturated rings. The van der Waals surface area contributed by atoms with Crippen LogP contribution in [0.5, 0.6) is 0 Å². The molecule has 2 heterocycles. The van der Waals surface area contributed by atoms with Gasteiger partial charge in [0.05, 0.1) is 5.92 Å². The molecule has 1 aromatic rings. The summed E-state index contributed by atoms with van der Waals surface area (Å²) in [7, 11) is 0. The van der Waals surface area contributed by atoms with Gasteiger partial charge in [-0.3, -0.25) is 0 Å². The molecule has 0 amide bonds. The van der Waals surface area contributed by atoms with E-state index < -0.39 is 0 Å². The van der Waals surface area contributed by atoms with Crippen molar-refractivity contribution < 1.29 is 4.52 Å². The van der Waals surface area contributed by atoms with E-state index in [0.29, 0.717) is 11.8 Å². The maximum absolute atomic E-state index is 5.33. The zero-order valence-corrected chi connectivity index (χ0v) is 9.49. The number of hydrogen-bond donors (Lipinski definition) is 1. The standard InChI is InChI=1S/C11H19N3O/c1-3-8(2)10-13-11(15-14-10)9-5-4-6-12-7-9/h8-9,12H,3-7H2,1-2H3/t8?,9-/m0/s1. The van der Waals surface area contributed by atoms with Crippen LogP contribution < -0.4 is 5.32 Å². The Balaban J connectivity index is 2.05.